The van der Waals surface area contributed by atoms with E-state index >= 15 is 0 Å². The lowest BCUT2D eigenvalue weighted by atomic mass is 9.81. The molecule has 1 saturated carbocycles. The van der Waals surface area contributed by atoms with Gasteiger partial charge >= 0.3 is 5.97 Å². The zero-order valence-electron chi connectivity index (χ0n) is 13.1. The Morgan fingerprint density at radius 2 is 1.15 bits per heavy atom. The lowest BCUT2D eigenvalue weighted by Crippen LogP contribution is -2.25. The van der Waals surface area contributed by atoms with E-state index in [0.717, 1.165) is 12.8 Å². The summed E-state index contributed by atoms with van der Waals surface area (Å²) in [5, 5.41) is 0. The zero-order valence-corrected chi connectivity index (χ0v) is 13.1. The van der Waals surface area contributed by atoms with Gasteiger partial charge in [0.1, 0.15) is 0 Å². The van der Waals surface area contributed by atoms with Crippen LogP contribution < -0.4 is 0 Å². The highest BCUT2D eigenvalue weighted by atomic mass is 16.5. The van der Waals surface area contributed by atoms with Crippen molar-refractivity contribution in [3.05, 3.63) is 0 Å². The Kier molecular flexibility index (Phi) is 7.46. The fraction of sp³-hybridized carbons (Fsp3) is 0.944. The van der Waals surface area contributed by atoms with E-state index in [-0.39, 0.29) is 11.9 Å². The molecule has 2 fully saturated rings. The molecule has 2 rings (SSSR count). The van der Waals surface area contributed by atoms with Crippen LogP contribution in [0.3, 0.4) is 0 Å². The molecule has 0 aromatic carbocycles. The van der Waals surface area contributed by atoms with Crippen molar-refractivity contribution in [3.63, 3.8) is 0 Å². The number of carbonyl (C=O) groups excluding carboxylic acids is 1. The molecule has 0 N–H and O–H groups in total. The van der Waals surface area contributed by atoms with Crippen molar-refractivity contribution >= 4 is 5.97 Å². The van der Waals surface area contributed by atoms with E-state index in [9.17, 15) is 4.79 Å². The number of carbonyl (C=O) groups is 1. The van der Waals surface area contributed by atoms with Crippen molar-refractivity contribution in [1.82, 2.24) is 0 Å². The Morgan fingerprint density at radius 3 is 1.75 bits per heavy atom. The van der Waals surface area contributed by atoms with E-state index in [1.807, 2.05) is 0 Å². The first kappa shape index (κ1) is 15.9. The lowest BCUT2D eigenvalue weighted by molar-refractivity contribution is -0.149. The van der Waals surface area contributed by atoms with Gasteiger partial charge in [-0.2, -0.15) is 0 Å². The molecule has 1 aliphatic heterocycles. The molecule has 20 heavy (non-hydrogen) atoms. The van der Waals surface area contributed by atoms with E-state index in [1.54, 1.807) is 0 Å². The molecule has 1 saturated heterocycles. The van der Waals surface area contributed by atoms with Crippen LogP contribution in [0.15, 0.2) is 0 Å². The number of ether oxygens (including phenoxy) is 1. The zero-order chi connectivity index (χ0) is 14.0. The van der Waals surface area contributed by atoms with Crippen LogP contribution in [0.1, 0.15) is 89.9 Å². The van der Waals surface area contributed by atoms with Crippen molar-refractivity contribution in [2.24, 2.45) is 11.8 Å². The Bertz CT molecular complexity index is 263. The summed E-state index contributed by atoms with van der Waals surface area (Å²) in [6.45, 7) is 0.655. The van der Waals surface area contributed by atoms with E-state index in [4.69, 9.17) is 4.74 Å². The molecule has 0 amide bonds. The summed E-state index contributed by atoms with van der Waals surface area (Å²) in [6, 6.07) is 0. The average molecular weight is 280 g/mol. The first-order valence-corrected chi connectivity index (χ1v) is 9.04. The maximum Gasteiger partial charge on any atom is 0.309 e. The molecule has 1 aliphatic carbocycles. The molecule has 0 spiro atoms. The summed E-state index contributed by atoms with van der Waals surface area (Å²) >= 11 is 0. The minimum atomic E-state index is 0.111. The van der Waals surface area contributed by atoms with Gasteiger partial charge in [-0.1, -0.05) is 57.8 Å². The smallest absolute Gasteiger partial charge is 0.309 e. The minimum absolute atomic E-state index is 0.111. The van der Waals surface area contributed by atoms with Crippen LogP contribution in [0.2, 0.25) is 0 Å². The van der Waals surface area contributed by atoms with Gasteiger partial charge in [0, 0.05) is 0 Å². The van der Waals surface area contributed by atoms with E-state index in [1.165, 1.54) is 77.0 Å². The maximum absolute atomic E-state index is 12.2. The Balaban J connectivity index is 1.88. The highest BCUT2D eigenvalue weighted by Gasteiger charge is 2.30. The van der Waals surface area contributed by atoms with Gasteiger partial charge < -0.3 is 4.74 Å². The number of esters is 1. The van der Waals surface area contributed by atoms with Crippen LogP contribution in [-0.4, -0.2) is 12.6 Å². The summed E-state index contributed by atoms with van der Waals surface area (Å²) in [7, 11) is 0. The molecule has 0 radical (unpaired) electrons. The van der Waals surface area contributed by atoms with Crippen LogP contribution in [0.5, 0.6) is 0 Å². The first-order chi connectivity index (χ1) is 9.88. The fourth-order valence-corrected chi connectivity index (χ4v) is 3.89. The topological polar surface area (TPSA) is 26.3 Å². The highest BCUT2D eigenvalue weighted by molar-refractivity contribution is 5.73. The van der Waals surface area contributed by atoms with Gasteiger partial charge in [0.2, 0.25) is 0 Å². The van der Waals surface area contributed by atoms with Gasteiger partial charge in [-0.3, -0.25) is 4.79 Å². The normalized spacial score (nSPS) is 28.8. The second-order valence-corrected chi connectivity index (χ2v) is 6.79. The number of rotatable bonds is 1. The minimum Gasteiger partial charge on any atom is -0.465 e. The molecular formula is C18H32O2. The molecule has 1 atom stereocenters. The predicted octanol–water partition coefficient (Wildman–Crippen LogP) is 5.25. The third kappa shape index (κ3) is 5.46. The summed E-state index contributed by atoms with van der Waals surface area (Å²) in [5.74, 6) is 0.917. The molecule has 0 aromatic rings. The van der Waals surface area contributed by atoms with Gasteiger partial charge in [-0.25, -0.2) is 0 Å². The molecule has 2 nitrogen and oxygen atoms in total. The molecule has 1 unspecified atom stereocenters. The van der Waals surface area contributed by atoms with Gasteiger partial charge in [-0.15, -0.1) is 0 Å². The SMILES string of the molecule is O=C1OCCCCC1C1CCCCCCCCCCC1. The van der Waals surface area contributed by atoms with E-state index < -0.39 is 0 Å². The third-order valence-corrected chi connectivity index (χ3v) is 5.18. The molecule has 116 valence electrons. The average Bonchev–Trinajstić information content (AvgIpc) is 2.64. The highest BCUT2D eigenvalue weighted by Crippen LogP contribution is 2.32. The quantitative estimate of drug-likeness (QED) is 0.613. The Labute approximate surface area is 124 Å². The molecule has 1 heterocycles. The van der Waals surface area contributed by atoms with E-state index in [0.29, 0.717) is 12.5 Å². The number of cyclic esters (lactones) is 1. The predicted molar refractivity (Wildman–Crippen MR) is 82.6 cm³/mol. The standard InChI is InChI=1S/C18H32O2/c19-18-17(14-10-11-15-20-18)16-12-8-6-4-2-1-3-5-7-9-13-16/h16-17H,1-15H2. The first-order valence-electron chi connectivity index (χ1n) is 9.04. The van der Waals surface area contributed by atoms with Gasteiger partial charge in [0.15, 0.2) is 0 Å². The number of hydrogen-bond donors (Lipinski definition) is 0. The molecule has 2 aliphatic rings. The lowest BCUT2D eigenvalue weighted by Gasteiger charge is -2.24. The molecular weight excluding hydrogens is 248 g/mol. The monoisotopic (exact) mass is 280 g/mol. The van der Waals surface area contributed by atoms with Crippen molar-refractivity contribution in [2.75, 3.05) is 6.61 Å². The summed E-state index contributed by atoms with van der Waals surface area (Å²) < 4.78 is 5.40. The Hall–Kier alpha value is -0.530. The van der Waals surface area contributed by atoms with Gasteiger partial charge in [0.25, 0.3) is 0 Å². The molecule has 0 bridgehead atoms. The van der Waals surface area contributed by atoms with E-state index in [2.05, 4.69) is 0 Å². The van der Waals surface area contributed by atoms with Crippen LogP contribution in [0, 0.1) is 11.8 Å². The third-order valence-electron chi connectivity index (χ3n) is 5.18. The molecule has 2 heteroatoms. The largest absolute Gasteiger partial charge is 0.465 e. The van der Waals surface area contributed by atoms with Crippen molar-refractivity contribution in [3.8, 4) is 0 Å². The maximum atomic E-state index is 12.2. The van der Waals surface area contributed by atoms with Crippen molar-refractivity contribution in [2.45, 2.75) is 89.9 Å². The van der Waals surface area contributed by atoms with Gasteiger partial charge in [-0.05, 0) is 38.0 Å². The van der Waals surface area contributed by atoms with Crippen LogP contribution in [-0.2, 0) is 9.53 Å². The second kappa shape index (κ2) is 9.41. The Morgan fingerprint density at radius 1 is 0.650 bits per heavy atom. The van der Waals surface area contributed by atoms with Crippen LogP contribution in [0.25, 0.3) is 0 Å². The summed E-state index contributed by atoms with van der Waals surface area (Å²) in [4.78, 5) is 12.2. The van der Waals surface area contributed by atoms with Gasteiger partial charge in [0.05, 0.1) is 12.5 Å². The summed E-state index contributed by atoms with van der Waals surface area (Å²) in [6.07, 6.45) is 18.2. The molecule has 0 aromatic heterocycles. The summed E-state index contributed by atoms with van der Waals surface area (Å²) in [5.41, 5.74) is 0. The second-order valence-electron chi connectivity index (χ2n) is 6.79. The fourth-order valence-electron chi connectivity index (χ4n) is 3.89. The number of hydrogen-bond acceptors (Lipinski definition) is 2. The van der Waals surface area contributed by atoms with Crippen LogP contribution >= 0.6 is 0 Å². The van der Waals surface area contributed by atoms with Crippen molar-refractivity contribution < 1.29 is 9.53 Å². The van der Waals surface area contributed by atoms with Crippen LogP contribution in [0.4, 0.5) is 0 Å². The van der Waals surface area contributed by atoms with Crippen molar-refractivity contribution in [1.29, 1.82) is 0 Å².